The van der Waals surface area contributed by atoms with Crippen LogP contribution >= 0.6 is 0 Å². The second-order valence-corrected chi connectivity index (χ2v) is 7.00. The normalized spacial score (nSPS) is 13.3. The van der Waals surface area contributed by atoms with Crippen molar-refractivity contribution in [3.05, 3.63) is 35.8 Å². The lowest BCUT2D eigenvalue weighted by atomic mass is 9.85. The van der Waals surface area contributed by atoms with Crippen LogP contribution in [0.3, 0.4) is 0 Å². The first-order chi connectivity index (χ1) is 8.10. The molecule has 1 nitrogen and oxygen atoms in total. The molecule has 2 heteroatoms. The van der Waals surface area contributed by atoms with Gasteiger partial charge in [-0.25, -0.2) is 4.39 Å². The van der Waals surface area contributed by atoms with Crippen LogP contribution in [0.1, 0.15) is 47.1 Å². The third-order valence-electron chi connectivity index (χ3n) is 3.28. The zero-order valence-corrected chi connectivity index (χ0v) is 12.1. The lowest BCUT2D eigenvalue weighted by molar-refractivity contribution is 0.408. The molecule has 0 fully saturated rings. The van der Waals surface area contributed by atoms with Gasteiger partial charge in [0.15, 0.2) is 0 Å². The highest BCUT2D eigenvalue weighted by Gasteiger charge is 2.23. The maximum absolute atomic E-state index is 13.7. The molecule has 2 aromatic rings. The molecule has 0 atom stereocenters. The van der Waals surface area contributed by atoms with Gasteiger partial charge >= 0.3 is 0 Å². The quantitative estimate of drug-likeness (QED) is 0.628. The Bertz CT molecular complexity index is 579. The van der Waals surface area contributed by atoms with Crippen LogP contribution in [0.4, 0.5) is 4.39 Å². The van der Waals surface area contributed by atoms with Crippen LogP contribution in [0.15, 0.2) is 24.4 Å². The number of nitrogens with zero attached hydrogens (tertiary/aromatic N) is 1. The molecule has 0 bridgehead atoms. The van der Waals surface area contributed by atoms with Crippen LogP contribution in [0.25, 0.3) is 10.9 Å². The fourth-order valence-corrected chi connectivity index (χ4v) is 2.38. The molecular formula is C16H22FN. The number of hydrogen-bond donors (Lipinski definition) is 0. The van der Waals surface area contributed by atoms with Crippen molar-refractivity contribution < 1.29 is 4.39 Å². The third-order valence-corrected chi connectivity index (χ3v) is 3.28. The van der Waals surface area contributed by atoms with Gasteiger partial charge in [-0.05, 0) is 49.9 Å². The number of benzene rings is 1. The minimum Gasteiger partial charge on any atom is -0.342 e. The average Bonchev–Trinajstić information content (AvgIpc) is 2.57. The molecule has 0 spiro atoms. The zero-order chi connectivity index (χ0) is 13.7. The predicted molar refractivity (Wildman–Crippen MR) is 75.6 cm³/mol. The predicted octanol–water partition coefficient (Wildman–Crippen LogP) is 4.83. The minimum atomic E-state index is -0.154. The monoisotopic (exact) mass is 247 g/mol. The molecule has 1 aromatic heterocycles. The van der Waals surface area contributed by atoms with E-state index in [1.807, 2.05) is 6.07 Å². The van der Waals surface area contributed by atoms with Crippen molar-refractivity contribution in [3.63, 3.8) is 0 Å². The van der Waals surface area contributed by atoms with Crippen LogP contribution in [0.2, 0.25) is 0 Å². The molecule has 0 saturated carbocycles. The molecule has 0 aliphatic heterocycles. The highest BCUT2D eigenvalue weighted by molar-refractivity contribution is 5.84. The van der Waals surface area contributed by atoms with Gasteiger partial charge in [0.25, 0.3) is 0 Å². The van der Waals surface area contributed by atoms with Crippen molar-refractivity contribution in [2.45, 2.75) is 52.5 Å². The summed E-state index contributed by atoms with van der Waals surface area (Å²) in [5, 5.41) is 0.981. The second-order valence-electron chi connectivity index (χ2n) is 7.00. The summed E-state index contributed by atoms with van der Waals surface area (Å²) in [5.74, 6) is -0.154. The molecular weight excluding hydrogens is 225 g/mol. The third kappa shape index (κ3) is 2.16. The van der Waals surface area contributed by atoms with Crippen molar-refractivity contribution in [2.75, 3.05) is 0 Å². The summed E-state index contributed by atoms with van der Waals surface area (Å²) in [6, 6.07) is 5.29. The fourth-order valence-electron chi connectivity index (χ4n) is 2.38. The van der Waals surface area contributed by atoms with Crippen LogP contribution in [-0.4, -0.2) is 4.57 Å². The number of aromatic nitrogens is 1. The molecule has 18 heavy (non-hydrogen) atoms. The van der Waals surface area contributed by atoms with Crippen molar-refractivity contribution >= 4 is 10.9 Å². The van der Waals surface area contributed by atoms with E-state index >= 15 is 0 Å². The molecule has 0 radical (unpaired) electrons. The van der Waals surface area contributed by atoms with E-state index in [4.69, 9.17) is 0 Å². The van der Waals surface area contributed by atoms with E-state index in [1.54, 1.807) is 12.1 Å². The van der Waals surface area contributed by atoms with E-state index in [9.17, 15) is 4.39 Å². The summed E-state index contributed by atoms with van der Waals surface area (Å²) in [4.78, 5) is 0. The van der Waals surface area contributed by atoms with Gasteiger partial charge in [-0.15, -0.1) is 0 Å². The number of hydrogen-bond acceptors (Lipinski definition) is 0. The lowest BCUT2D eigenvalue weighted by Crippen LogP contribution is -2.23. The molecule has 1 heterocycles. The highest BCUT2D eigenvalue weighted by Crippen LogP contribution is 2.34. The standard InChI is InChI=1S/C16H22FN/c1-15(2,3)13-10-12(17)9-11-7-8-18(14(11)13)16(4,5)6/h7-10H,1-6H3. The molecule has 0 unspecified atom stereocenters. The number of fused-ring (bicyclic) bond motifs is 1. The summed E-state index contributed by atoms with van der Waals surface area (Å²) < 4.78 is 16.0. The Balaban J connectivity index is 2.87. The topological polar surface area (TPSA) is 4.93 Å². The highest BCUT2D eigenvalue weighted by atomic mass is 19.1. The van der Waals surface area contributed by atoms with Crippen molar-refractivity contribution in [3.8, 4) is 0 Å². The van der Waals surface area contributed by atoms with Gasteiger partial charge in [-0.3, -0.25) is 0 Å². The van der Waals surface area contributed by atoms with Crippen molar-refractivity contribution in [1.82, 2.24) is 4.57 Å². The maximum atomic E-state index is 13.7. The van der Waals surface area contributed by atoms with Crippen LogP contribution < -0.4 is 0 Å². The summed E-state index contributed by atoms with van der Waals surface area (Å²) in [7, 11) is 0. The summed E-state index contributed by atoms with van der Waals surface area (Å²) in [6.07, 6.45) is 2.05. The minimum absolute atomic E-state index is 0.000417. The Morgan fingerprint density at radius 1 is 1.00 bits per heavy atom. The van der Waals surface area contributed by atoms with Gasteiger partial charge in [0.1, 0.15) is 5.82 Å². The fraction of sp³-hybridized carbons (Fsp3) is 0.500. The van der Waals surface area contributed by atoms with E-state index in [1.165, 1.54) is 0 Å². The summed E-state index contributed by atoms with van der Waals surface area (Å²) in [6.45, 7) is 12.9. The molecule has 0 saturated heterocycles. The van der Waals surface area contributed by atoms with Crippen molar-refractivity contribution in [1.29, 1.82) is 0 Å². The van der Waals surface area contributed by atoms with E-state index in [-0.39, 0.29) is 16.8 Å². The Hall–Kier alpha value is -1.31. The Morgan fingerprint density at radius 3 is 2.11 bits per heavy atom. The molecule has 98 valence electrons. The summed E-state index contributed by atoms with van der Waals surface area (Å²) >= 11 is 0. The van der Waals surface area contributed by atoms with E-state index in [0.717, 1.165) is 16.5 Å². The maximum Gasteiger partial charge on any atom is 0.124 e. The Labute approximate surface area is 109 Å². The summed E-state index contributed by atoms with van der Waals surface area (Å²) in [5.41, 5.74) is 2.15. The lowest BCUT2D eigenvalue weighted by Gasteiger charge is -2.27. The molecule has 0 amide bonds. The first-order valence-corrected chi connectivity index (χ1v) is 6.42. The van der Waals surface area contributed by atoms with Gasteiger partial charge in [-0.2, -0.15) is 0 Å². The molecule has 0 aliphatic carbocycles. The number of rotatable bonds is 0. The average molecular weight is 247 g/mol. The molecule has 0 N–H and O–H groups in total. The second kappa shape index (κ2) is 3.84. The Morgan fingerprint density at radius 2 is 1.61 bits per heavy atom. The molecule has 0 aliphatic rings. The van der Waals surface area contributed by atoms with Crippen LogP contribution in [0, 0.1) is 5.82 Å². The van der Waals surface area contributed by atoms with Crippen molar-refractivity contribution in [2.24, 2.45) is 0 Å². The van der Waals surface area contributed by atoms with Gasteiger partial charge < -0.3 is 4.57 Å². The SMILES string of the molecule is CC(C)(C)c1cc(F)cc2ccn(C(C)(C)C)c12. The van der Waals surface area contributed by atoms with Gasteiger partial charge in [0.05, 0.1) is 5.52 Å². The Kier molecular flexibility index (Phi) is 2.80. The largest absolute Gasteiger partial charge is 0.342 e. The van der Waals surface area contributed by atoms with E-state index in [2.05, 4.69) is 52.3 Å². The van der Waals surface area contributed by atoms with Crippen LogP contribution in [0.5, 0.6) is 0 Å². The zero-order valence-electron chi connectivity index (χ0n) is 12.1. The van der Waals surface area contributed by atoms with E-state index in [0.29, 0.717) is 0 Å². The first kappa shape index (κ1) is 13.1. The van der Waals surface area contributed by atoms with Gasteiger partial charge in [0, 0.05) is 17.1 Å². The van der Waals surface area contributed by atoms with E-state index < -0.39 is 0 Å². The molecule has 2 rings (SSSR count). The molecule has 1 aromatic carbocycles. The smallest absolute Gasteiger partial charge is 0.124 e. The van der Waals surface area contributed by atoms with Crippen LogP contribution in [-0.2, 0) is 11.0 Å². The number of halogens is 1. The van der Waals surface area contributed by atoms with Gasteiger partial charge in [-0.1, -0.05) is 20.8 Å². The van der Waals surface area contributed by atoms with Gasteiger partial charge in [0.2, 0.25) is 0 Å². The first-order valence-electron chi connectivity index (χ1n) is 6.42.